The van der Waals surface area contributed by atoms with E-state index in [2.05, 4.69) is 5.32 Å². The molecule has 1 atom stereocenters. The van der Waals surface area contributed by atoms with E-state index < -0.39 is 34.3 Å². The third-order valence-electron chi connectivity index (χ3n) is 6.32. The van der Waals surface area contributed by atoms with Gasteiger partial charge >= 0.3 is 0 Å². The Hall–Kier alpha value is -3.92. The molecule has 0 aliphatic rings. The molecular weight excluding hydrogens is 533 g/mol. The van der Waals surface area contributed by atoms with E-state index >= 15 is 0 Å². The van der Waals surface area contributed by atoms with E-state index in [0.717, 1.165) is 29.0 Å². The number of ether oxygens (including phenoxy) is 1. The normalized spacial score (nSPS) is 11.9. The number of hydrogen-bond donors (Lipinski definition) is 1. The summed E-state index contributed by atoms with van der Waals surface area (Å²) in [7, 11) is -3.86. The highest BCUT2D eigenvalue weighted by atomic mass is 32.2. The Kier molecular flexibility index (Phi) is 11.1. The first-order valence-electron chi connectivity index (χ1n) is 13.1. The van der Waals surface area contributed by atoms with Crippen LogP contribution in [0.1, 0.15) is 37.8 Å². The molecule has 3 aromatic rings. The average Bonchev–Trinajstić information content (AvgIpc) is 2.94. The first-order valence-corrected chi connectivity index (χ1v) is 15.0. The van der Waals surface area contributed by atoms with Crippen molar-refractivity contribution in [1.29, 1.82) is 0 Å². The van der Waals surface area contributed by atoms with Crippen molar-refractivity contribution in [2.24, 2.45) is 0 Å². The predicted molar refractivity (Wildman–Crippen MR) is 154 cm³/mol. The van der Waals surface area contributed by atoms with Gasteiger partial charge in [-0.25, -0.2) is 12.8 Å². The first kappa shape index (κ1) is 30.6. The highest BCUT2D eigenvalue weighted by molar-refractivity contribution is 7.92. The fourth-order valence-electron chi connectivity index (χ4n) is 3.97. The number of hydrogen-bond acceptors (Lipinski definition) is 5. The van der Waals surface area contributed by atoms with Gasteiger partial charge in [-0.05, 0) is 60.9 Å². The lowest BCUT2D eigenvalue weighted by molar-refractivity contribution is -0.139. The Morgan fingerprint density at radius 2 is 1.60 bits per heavy atom. The third kappa shape index (κ3) is 9.08. The zero-order valence-electron chi connectivity index (χ0n) is 23.0. The van der Waals surface area contributed by atoms with Crippen LogP contribution in [0.25, 0.3) is 0 Å². The lowest BCUT2D eigenvalue weighted by Gasteiger charge is -2.31. The van der Waals surface area contributed by atoms with Crippen LogP contribution in [0, 0.1) is 5.82 Å². The van der Waals surface area contributed by atoms with E-state index in [1.807, 2.05) is 37.3 Å². The van der Waals surface area contributed by atoms with Crippen LogP contribution in [0.15, 0.2) is 78.9 Å². The minimum Gasteiger partial charge on any atom is -0.489 e. The molecule has 0 aliphatic heterocycles. The van der Waals surface area contributed by atoms with Gasteiger partial charge in [0.05, 0.1) is 11.9 Å². The Morgan fingerprint density at radius 1 is 0.950 bits per heavy atom. The van der Waals surface area contributed by atoms with E-state index in [1.54, 1.807) is 31.2 Å². The number of unbranched alkanes of at least 4 members (excludes halogenated alkanes) is 1. The summed E-state index contributed by atoms with van der Waals surface area (Å²) in [5, 5.41) is 2.82. The lowest BCUT2D eigenvalue weighted by atomic mass is 10.1. The quantitative estimate of drug-likeness (QED) is 0.289. The van der Waals surface area contributed by atoms with E-state index in [9.17, 15) is 22.4 Å². The van der Waals surface area contributed by atoms with Gasteiger partial charge in [0.1, 0.15) is 30.8 Å². The van der Waals surface area contributed by atoms with Gasteiger partial charge in [0.25, 0.3) is 0 Å². The van der Waals surface area contributed by atoms with Gasteiger partial charge < -0.3 is 15.0 Å². The van der Waals surface area contributed by atoms with Crippen LogP contribution in [-0.4, -0.2) is 50.5 Å². The Labute approximate surface area is 235 Å². The monoisotopic (exact) mass is 569 g/mol. The number of anilines is 1. The molecule has 10 heteroatoms. The molecule has 0 unspecified atom stereocenters. The second-order valence-electron chi connectivity index (χ2n) is 9.51. The molecule has 0 fully saturated rings. The average molecular weight is 570 g/mol. The second-order valence-corrected chi connectivity index (χ2v) is 11.4. The summed E-state index contributed by atoms with van der Waals surface area (Å²) in [6.07, 6.45) is 2.70. The standard InChI is InChI=1S/C30H36FN3O5S/c1-4-5-19-32-30(36)23(2)33(20-24-11-13-26(31)14-12-24)29(35)21-34(40(3,37)38)27-15-17-28(18-16-27)39-22-25-9-7-6-8-10-25/h6-18,23H,4-5,19-22H2,1-3H3,(H,32,36)/t23-/m1/s1. The summed E-state index contributed by atoms with van der Waals surface area (Å²) in [5.41, 5.74) is 1.88. The number of nitrogens with zero attached hydrogens (tertiary/aromatic N) is 2. The molecule has 3 rings (SSSR count). The summed E-state index contributed by atoms with van der Waals surface area (Å²) < 4.78 is 45.8. The highest BCUT2D eigenvalue weighted by Gasteiger charge is 2.30. The van der Waals surface area contributed by atoms with Crippen LogP contribution in [-0.2, 0) is 32.8 Å². The van der Waals surface area contributed by atoms with Gasteiger partial charge in [-0.1, -0.05) is 55.8 Å². The molecule has 214 valence electrons. The molecule has 0 radical (unpaired) electrons. The fraction of sp³-hybridized carbons (Fsp3) is 0.333. The largest absolute Gasteiger partial charge is 0.489 e. The van der Waals surface area contributed by atoms with Crippen LogP contribution in [0.5, 0.6) is 5.75 Å². The Bertz CT molecular complexity index is 1350. The van der Waals surface area contributed by atoms with E-state index in [4.69, 9.17) is 4.74 Å². The van der Waals surface area contributed by atoms with Crippen molar-refractivity contribution in [2.45, 2.75) is 45.9 Å². The second kappa shape index (κ2) is 14.5. The molecule has 0 saturated carbocycles. The lowest BCUT2D eigenvalue weighted by Crippen LogP contribution is -2.51. The van der Waals surface area contributed by atoms with Gasteiger partial charge in [0, 0.05) is 13.1 Å². The van der Waals surface area contributed by atoms with Crippen LogP contribution in [0.3, 0.4) is 0 Å². The van der Waals surface area contributed by atoms with Crippen molar-refractivity contribution in [3.63, 3.8) is 0 Å². The van der Waals surface area contributed by atoms with Gasteiger partial charge in [-0.3, -0.25) is 13.9 Å². The SMILES string of the molecule is CCCCNC(=O)[C@@H](C)N(Cc1ccc(F)cc1)C(=O)CN(c1ccc(OCc2ccccc2)cc1)S(C)(=O)=O. The molecule has 3 aromatic carbocycles. The molecule has 0 heterocycles. The molecule has 0 spiro atoms. The van der Waals surface area contributed by atoms with Crippen LogP contribution in [0.2, 0.25) is 0 Å². The number of carbonyl (C=O) groups excluding carboxylic acids is 2. The minimum absolute atomic E-state index is 0.00530. The van der Waals surface area contributed by atoms with Crippen molar-refractivity contribution in [2.75, 3.05) is 23.7 Å². The highest BCUT2D eigenvalue weighted by Crippen LogP contribution is 2.23. The Balaban J connectivity index is 1.79. The van der Waals surface area contributed by atoms with Crippen molar-refractivity contribution in [1.82, 2.24) is 10.2 Å². The summed E-state index contributed by atoms with van der Waals surface area (Å²) in [5.74, 6) is -0.804. The maximum atomic E-state index is 13.6. The molecule has 0 bridgehead atoms. The van der Waals surface area contributed by atoms with Crippen LogP contribution >= 0.6 is 0 Å². The number of halogens is 1. The molecule has 2 amide bonds. The zero-order valence-corrected chi connectivity index (χ0v) is 23.9. The fourth-order valence-corrected chi connectivity index (χ4v) is 4.82. The maximum Gasteiger partial charge on any atom is 0.244 e. The Morgan fingerprint density at radius 3 is 2.20 bits per heavy atom. The molecule has 40 heavy (non-hydrogen) atoms. The zero-order chi connectivity index (χ0) is 29.1. The minimum atomic E-state index is -3.86. The summed E-state index contributed by atoms with van der Waals surface area (Å²) in [6, 6.07) is 20.8. The number of rotatable bonds is 14. The summed E-state index contributed by atoms with van der Waals surface area (Å²) >= 11 is 0. The van der Waals surface area contributed by atoms with Crippen LogP contribution < -0.4 is 14.4 Å². The van der Waals surface area contributed by atoms with Gasteiger partial charge in [0.15, 0.2) is 0 Å². The smallest absolute Gasteiger partial charge is 0.244 e. The number of sulfonamides is 1. The molecule has 0 aliphatic carbocycles. The van der Waals surface area contributed by atoms with Gasteiger partial charge in [-0.15, -0.1) is 0 Å². The van der Waals surface area contributed by atoms with Crippen molar-refractivity contribution in [3.05, 3.63) is 95.8 Å². The molecule has 0 saturated heterocycles. The summed E-state index contributed by atoms with van der Waals surface area (Å²) in [4.78, 5) is 27.7. The summed E-state index contributed by atoms with van der Waals surface area (Å²) in [6.45, 7) is 3.90. The van der Waals surface area contributed by atoms with Gasteiger partial charge in [-0.2, -0.15) is 0 Å². The maximum absolute atomic E-state index is 13.6. The van der Waals surface area contributed by atoms with E-state index in [1.165, 1.54) is 29.2 Å². The third-order valence-corrected chi connectivity index (χ3v) is 7.46. The van der Waals surface area contributed by atoms with E-state index in [0.29, 0.717) is 24.5 Å². The van der Waals surface area contributed by atoms with E-state index in [-0.39, 0.29) is 18.1 Å². The number of nitrogens with one attached hydrogen (secondary N) is 1. The number of benzene rings is 3. The molecular formula is C30H36FN3O5S. The number of amides is 2. The first-order chi connectivity index (χ1) is 19.1. The van der Waals surface area contributed by atoms with Crippen molar-refractivity contribution in [3.8, 4) is 5.75 Å². The predicted octanol–water partition coefficient (Wildman–Crippen LogP) is 4.50. The topological polar surface area (TPSA) is 96.0 Å². The van der Waals surface area contributed by atoms with Crippen LogP contribution in [0.4, 0.5) is 10.1 Å². The van der Waals surface area contributed by atoms with Crippen molar-refractivity contribution < 1.29 is 27.1 Å². The molecule has 1 N–H and O–H groups in total. The number of carbonyl (C=O) groups is 2. The van der Waals surface area contributed by atoms with Gasteiger partial charge in [0.2, 0.25) is 21.8 Å². The molecule has 0 aromatic heterocycles. The molecule has 8 nitrogen and oxygen atoms in total. The van der Waals surface area contributed by atoms with Crippen molar-refractivity contribution >= 4 is 27.5 Å².